The lowest BCUT2D eigenvalue weighted by Gasteiger charge is -2.14. The zero-order valence-corrected chi connectivity index (χ0v) is 19.0. The molecule has 1 amide bonds. The standard InChI is InChI=1S/C23H35F3N4O2/c1-5-9-17(22(29-3)19(25)13-14-24)11-12-18(27)16-30-23(31)21(26)20(28-2)10-7-6-8-15-32-4/h5,13,27,29H,1-2,6-12,14-16H2,3-4H3,(H,30,31)/b19-13+,21-20+,22-17-,27-18?. The first-order valence-electron chi connectivity index (χ1n) is 10.5. The van der Waals surface area contributed by atoms with Gasteiger partial charge in [-0.15, -0.1) is 6.58 Å². The fourth-order valence-corrected chi connectivity index (χ4v) is 2.90. The number of hydrogen-bond donors (Lipinski definition) is 3. The molecule has 6 nitrogen and oxygen atoms in total. The summed E-state index contributed by atoms with van der Waals surface area (Å²) in [5.74, 6) is -2.68. The van der Waals surface area contributed by atoms with Crippen molar-refractivity contribution < 1.29 is 22.7 Å². The maximum Gasteiger partial charge on any atom is 0.282 e. The molecule has 0 atom stereocenters. The predicted octanol–water partition coefficient (Wildman–Crippen LogP) is 4.86. The van der Waals surface area contributed by atoms with E-state index in [4.69, 9.17) is 10.1 Å². The summed E-state index contributed by atoms with van der Waals surface area (Å²) in [6.45, 7) is 6.47. The van der Waals surface area contributed by atoms with Gasteiger partial charge in [0.05, 0.1) is 17.9 Å². The van der Waals surface area contributed by atoms with Crippen molar-refractivity contribution in [3.05, 3.63) is 47.4 Å². The molecule has 0 spiro atoms. The molecule has 3 N–H and O–H groups in total. The molecule has 0 saturated heterocycles. The zero-order valence-electron chi connectivity index (χ0n) is 19.0. The van der Waals surface area contributed by atoms with Gasteiger partial charge in [-0.25, -0.2) is 8.78 Å². The monoisotopic (exact) mass is 456 g/mol. The van der Waals surface area contributed by atoms with E-state index in [0.717, 1.165) is 18.9 Å². The number of likely N-dealkylation sites (N-methyl/N-ethyl adjacent to an activating group) is 1. The van der Waals surface area contributed by atoms with E-state index in [1.807, 2.05) is 0 Å². The number of ether oxygens (including phenoxy) is 1. The summed E-state index contributed by atoms with van der Waals surface area (Å²) in [7, 11) is 3.13. The Hall–Kier alpha value is -2.68. The fraction of sp³-hybridized carbons (Fsp3) is 0.522. The molecule has 0 aromatic heterocycles. The maximum absolute atomic E-state index is 14.3. The number of nitrogens with one attached hydrogen (secondary N) is 3. The number of nitrogens with zero attached hydrogens (tertiary/aromatic N) is 1. The molecule has 0 radical (unpaired) electrons. The Kier molecular flexibility index (Phi) is 16.4. The van der Waals surface area contributed by atoms with Crippen LogP contribution >= 0.6 is 0 Å². The van der Waals surface area contributed by atoms with E-state index >= 15 is 0 Å². The summed E-state index contributed by atoms with van der Waals surface area (Å²) in [5, 5.41) is 13.1. The SMILES string of the molecule is C=CC/C(CCC(=N)CNC(=O)/C(F)=C(/CCCCCOC)N=C)=C(NC)\C(F)=C/CF. The first-order valence-corrected chi connectivity index (χ1v) is 10.5. The topological polar surface area (TPSA) is 86.6 Å². The van der Waals surface area contributed by atoms with Gasteiger partial charge >= 0.3 is 0 Å². The van der Waals surface area contributed by atoms with Crippen LogP contribution in [0.2, 0.25) is 0 Å². The number of aliphatic imine (C=N–C) groups is 1. The number of methoxy groups -OCH3 is 1. The van der Waals surface area contributed by atoms with Crippen molar-refractivity contribution in [2.45, 2.75) is 44.9 Å². The number of allylic oxidation sites excluding steroid dienone is 5. The van der Waals surface area contributed by atoms with Crippen molar-refractivity contribution in [3.63, 3.8) is 0 Å². The van der Waals surface area contributed by atoms with Gasteiger partial charge in [-0.2, -0.15) is 4.39 Å². The largest absolute Gasteiger partial charge is 0.386 e. The van der Waals surface area contributed by atoms with Gasteiger partial charge in [0.15, 0.2) is 0 Å². The molecule has 32 heavy (non-hydrogen) atoms. The maximum atomic E-state index is 14.3. The van der Waals surface area contributed by atoms with Crippen molar-refractivity contribution in [2.75, 3.05) is 34.0 Å². The van der Waals surface area contributed by atoms with Gasteiger partial charge < -0.3 is 20.8 Å². The van der Waals surface area contributed by atoms with Crippen LogP contribution in [0, 0.1) is 5.41 Å². The van der Waals surface area contributed by atoms with Crippen molar-refractivity contribution >= 4 is 18.3 Å². The fourth-order valence-electron chi connectivity index (χ4n) is 2.90. The van der Waals surface area contributed by atoms with Crippen LogP contribution in [0.25, 0.3) is 0 Å². The minimum Gasteiger partial charge on any atom is -0.386 e. The first-order chi connectivity index (χ1) is 15.4. The molecule has 0 heterocycles. The van der Waals surface area contributed by atoms with Crippen molar-refractivity contribution in [3.8, 4) is 0 Å². The molecule has 0 bridgehead atoms. The van der Waals surface area contributed by atoms with E-state index in [9.17, 15) is 18.0 Å². The Morgan fingerprint density at radius 3 is 2.47 bits per heavy atom. The molecule has 0 aromatic carbocycles. The highest BCUT2D eigenvalue weighted by Crippen LogP contribution is 2.21. The Morgan fingerprint density at radius 2 is 1.91 bits per heavy atom. The number of hydrogen-bond acceptors (Lipinski definition) is 5. The van der Waals surface area contributed by atoms with Gasteiger partial charge in [-0.1, -0.05) is 12.5 Å². The third-order valence-electron chi connectivity index (χ3n) is 4.59. The highest BCUT2D eigenvalue weighted by atomic mass is 19.1. The van der Waals surface area contributed by atoms with Crippen molar-refractivity contribution in [2.24, 2.45) is 4.99 Å². The van der Waals surface area contributed by atoms with Gasteiger partial charge in [0.1, 0.15) is 12.5 Å². The normalized spacial score (nSPS) is 13.1. The number of unbranched alkanes of at least 4 members (excludes halogenated alkanes) is 2. The van der Waals surface area contributed by atoms with Gasteiger partial charge in [0, 0.05) is 26.5 Å². The molecule has 180 valence electrons. The quantitative estimate of drug-likeness (QED) is 0.0905. The third-order valence-corrected chi connectivity index (χ3v) is 4.59. The summed E-state index contributed by atoms with van der Waals surface area (Å²) in [6.07, 6.45) is 5.81. The van der Waals surface area contributed by atoms with Crippen LogP contribution in [0.15, 0.2) is 52.3 Å². The highest BCUT2D eigenvalue weighted by molar-refractivity contribution is 5.95. The molecule has 9 heteroatoms. The van der Waals surface area contributed by atoms with Gasteiger partial charge in [-0.3, -0.25) is 9.79 Å². The second-order valence-corrected chi connectivity index (χ2v) is 6.94. The molecule has 0 unspecified atom stereocenters. The number of carbonyl (C=O) groups excluding carboxylic acids is 1. The Bertz CT molecular complexity index is 731. The third kappa shape index (κ3) is 11.6. The van der Waals surface area contributed by atoms with Crippen LogP contribution in [-0.4, -0.2) is 52.3 Å². The lowest BCUT2D eigenvalue weighted by atomic mass is 10.0. The Balaban J connectivity index is 4.88. The molecular weight excluding hydrogens is 421 g/mol. The Morgan fingerprint density at radius 1 is 1.19 bits per heavy atom. The zero-order chi connectivity index (χ0) is 24.4. The molecule has 0 saturated carbocycles. The van der Waals surface area contributed by atoms with Crippen LogP contribution in [0.4, 0.5) is 13.2 Å². The molecular formula is C23H35F3N4O2. The van der Waals surface area contributed by atoms with Crippen molar-refractivity contribution in [1.82, 2.24) is 10.6 Å². The number of rotatable bonds is 18. The predicted molar refractivity (Wildman–Crippen MR) is 124 cm³/mol. The van der Waals surface area contributed by atoms with Crippen LogP contribution in [0.3, 0.4) is 0 Å². The van der Waals surface area contributed by atoms with E-state index in [1.54, 1.807) is 13.2 Å². The number of alkyl halides is 1. The molecule has 0 aromatic rings. The van der Waals surface area contributed by atoms with E-state index in [1.165, 1.54) is 7.05 Å². The molecule has 0 rings (SSSR count). The smallest absolute Gasteiger partial charge is 0.282 e. The van der Waals surface area contributed by atoms with Crippen LogP contribution in [-0.2, 0) is 9.53 Å². The first kappa shape index (κ1) is 29.3. The second kappa shape index (κ2) is 17.9. The van der Waals surface area contributed by atoms with Crippen LogP contribution < -0.4 is 10.6 Å². The molecule has 0 fully saturated rings. The average Bonchev–Trinajstić information content (AvgIpc) is 2.78. The highest BCUT2D eigenvalue weighted by Gasteiger charge is 2.16. The number of carbonyl (C=O) groups is 1. The van der Waals surface area contributed by atoms with Gasteiger partial charge in [0.2, 0.25) is 5.83 Å². The van der Waals surface area contributed by atoms with Gasteiger partial charge in [-0.05, 0) is 56.9 Å². The van der Waals surface area contributed by atoms with E-state index < -0.39 is 24.2 Å². The second-order valence-electron chi connectivity index (χ2n) is 6.94. The summed E-state index contributed by atoms with van der Waals surface area (Å²) in [4.78, 5) is 15.7. The lowest BCUT2D eigenvalue weighted by Crippen LogP contribution is -2.30. The summed E-state index contributed by atoms with van der Waals surface area (Å²) < 4.78 is 45.8. The minimum absolute atomic E-state index is 0.0172. The van der Waals surface area contributed by atoms with Crippen LogP contribution in [0.1, 0.15) is 44.9 Å². The summed E-state index contributed by atoms with van der Waals surface area (Å²) >= 11 is 0. The van der Waals surface area contributed by atoms with Crippen molar-refractivity contribution in [1.29, 1.82) is 5.41 Å². The van der Waals surface area contributed by atoms with Gasteiger partial charge in [0.25, 0.3) is 5.91 Å². The van der Waals surface area contributed by atoms with E-state index in [-0.39, 0.29) is 36.5 Å². The minimum atomic E-state index is -1.01. The van der Waals surface area contributed by atoms with E-state index in [0.29, 0.717) is 31.4 Å². The number of amides is 1. The summed E-state index contributed by atoms with van der Waals surface area (Å²) in [6, 6.07) is 0. The summed E-state index contributed by atoms with van der Waals surface area (Å²) in [5.41, 5.74) is 0.876. The van der Waals surface area contributed by atoms with E-state index in [2.05, 4.69) is 28.9 Å². The lowest BCUT2D eigenvalue weighted by molar-refractivity contribution is -0.118. The molecule has 0 aliphatic rings. The number of halogens is 3. The molecule has 0 aliphatic carbocycles. The molecule has 0 aliphatic heterocycles. The Labute approximate surface area is 188 Å². The average molecular weight is 457 g/mol. The van der Waals surface area contributed by atoms with Crippen LogP contribution in [0.5, 0.6) is 0 Å².